The molecule has 102 valence electrons. The average Bonchev–Trinajstić information content (AvgIpc) is 3.31. The Morgan fingerprint density at radius 1 is 0.947 bits per heavy atom. The molecule has 1 heteroatoms. The number of hydrogen-bond acceptors (Lipinski definition) is 1. The summed E-state index contributed by atoms with van der Waals surface area (Å²) in [5.41, 5.74) is 3.17. The highest BCUT2D eigenvalue weighted by atomic mass is 14.9. The molecule has 4 rings (SSSR count). The van der Waals surface area contributed by atoms with E-state index in [0.717, 1.165) is 30.2 Å². The van der Waals surface area contributed by atoms with Gasteiger partial charge in [-0.15, -0.1) is 0 Å². The van der Waals surface area contributed by atoms with Crippen molar-refractivity contribution >= 4 is 0 Å². The van der Waals surface area contributed by atoms with Gasteiger partial charge in [-0.3, -0.25) is 0 Å². The highest BCUT2D eigenvalue weighted by Gasteiger charge is 2.40. The van der Waals surface area contributed by atoms with E-state index in [0.29, 0.717) is 0 Å². The van der Waals surface area contributed by atoms with Crippen molar-refractivity contribution in [1.82, 2.24) is 5.32 Å². The summed E-state index contributed by atoms with van der Waals surface area (Å²) in [6, 6.07) is 9.06. The molecule has 0 bridgehead atoms. The largest absolute Gasteiger partial charge is 0.312 e. The van der Waals surface area contributed by atoms with Crippen molar-refractivity contribution in [2.24, 2.45) is 17.8 Å². The van der Waals surface area contributed by atoms with E-state index in [1.54, 1.807) is 11.1 Å². The van der Waals surface area contributed by atoms with Crippen LogP contribution in [0.2, 0.25) is 0 Å². The van der Waals surface area contributed by atoms with Crippen LogP contribution >= 0.6 is 0 Å². The first-order valence-electron chi connectivity index (χ1n) is 8.20. The molecule has 3 aliphatic rings. The molecule has 0 amide bonds. The third kappa shape index (κ3) is 2.86. The molecular weight excluding hydrogens is 230 g/mol. The monoisotopic (exact) mass is 255 g/mol. The van der Waals surface area contributed by atoms with Gasteiger partial charge in [-0.25, -0.2) is 0 Å². The molecule has 1 N–H and O–H groups in total. The fourth-order valence-electron chi connectivity index (χ4n) is 3.63. The molecule has 0 heterocycles. The lowest BCUT2D eigenvalue weighted by Crippen LogP contribution is -2.25. The van der Waals surface area contributed by atoms with Crippen LogP contribution in [-0.4, -0.2) is 6.54 Å². The zero-order chi connectivity index (χ0) is 12.7. The van der Waals surface area contributed by atoms with Gasteiger partial charge >= 0.3 is 0 Å². The molecule has 0 radical (unpaired) electrons. The van der Waals surface area contributed by atoms with Crippen LogP contribution in [0.25, 0.3) is 0 Å². The summed E-state index contributed by atoms with van der Waals surface area (Å²) in [5, 5.41) is 3.77. The Balaban J connectivity index is 1.34. The van der Waals surface area contributed by atoms with E-state index < -0.39 is 0 Å². The first-order valence-corrected chi connectivity index (χ1v) is 8.20. The molecular formula is C18H25N. The molecule has 0 aromatic heterocycles. The zero-order valence-electron chi connectivity index (χ0n) is 11.8. The van der Waals surface area contributed by atoms with Crippen LogP contribution in [0.15, 0.2) is 24.3 Å². The van der Waals surface area contributed by atoms with Gasteiger partial charge in [-0.2, -0.15) is 0 Å². The molecule has 0 atom stereocenters. The highest BCUT2D eigenvalue weighted by Crippen LogP contribution is 2.49. The standard InChI is InChI=1S/C18H25N/c1-2-4-17(13-5-6-13)16(3-1)11-19-12-18(14-7-8-14)15-9-10-15/h1-4,13-15,18-19H,5-12H2. The minimum atomic E-state index is 0.876. The van der Waals surface area contributed by atoms with Gasteiger partial charge < -0.3 is 5.32 Å². The summed E-state index contributed by atoms with van der Waals surface area (Å²) in [6.45, 7) is 2.34. The third-order valence-electron chi connectivity index (χ3n) is 5.22. The second-order valence-electron chi connectivity index (χ2n) is 6.94. The van der Waals surface area contributed by atoms with Crippen molar-refractivity contribution in [1.29, 1.82) is 0 Å². The summed E-state index contributed by atoms with van der Waals surface area (Å²) in [4.78, 5) is 0. The van der Waals surface area contributed by atoms with E-state index in [-0.39, 0.29) is 0 Å². The van der Waals surface area contributed by atoms with Crippen molar-refractivity contribution in [2.75, 3.05) is 6.54 Å². The Hall–Kier alpha value is -0.820. The molecule has 19 heavy (non-hydrogen) atoms. The minimum absolute atomic E-state index is 0.876. The third-order valence-corrected chi connectivity index (χ3v) is 5.22. The number of benzene rings is 1. The van der Waals surface area contributed by atoms with E-state index in [2.05, 4.69) is 29.6 Å². The van der Waals surface area contributed by atoms with Crippen LogP contribution < -0.4 is 5.32 Å². The number of hydrogen-bond donors (Lipinski definition) is 1. The van der Waals surface area contributed by atoms with Gasteiger partial charge in [-0.05, 0) is 79.9 Å². The van der Waals surface area contributed by atoms with Crippen molar-refractivity contribution in [3.05, 3.63) is 35.4 Å². The predicted molar refractivity (Wildman–Crippen MR) is 79.1 cm³/mol. The predicted octanol–water partition coefficient (Wildman–Crippen LogP) is 4.09. The molecule has 0 unspecified atom stereocenters. The van der Waals surface area contributed by atoms with Crippen LogP contribution in [-0.2, 0) is 6.54 Å². The van der Waals surface area contributed by atoms with Gasteiger partial charge in [0.1, 0.15) is 0 Å². The summed E-state index contributed by atoms with van der Waals surface area (Å²) in [7, 11) is 0. The Morgan fingerprint density at radius 3 is 2.26 bits per heavy atom. The number of rotatable bonds is 7. The normalized spacial score (nSPS) is 23.0. The van der Waals surface area contributed by atoms with Gasteiger partial charge in [0.25, 0.3) is 0 Å². The molecule has 3 aliphatic carbocycles. The molecule has 1 nitrogen and oxygen atoms in total. The van der Waals surface area contributed by atoms with Crippen LogP contribution in [0.4, 0.5) is 0 Å². The second kappa shape index (κ2) is 4.94. The van der Waals surface area contributed by atoms with E-state index in [1.807, 2.05) is 0 Å². The average molecular weight is 255 g/mol. The Morgan fingerprint density at radius 2 is 1.63 bits per heavy atom. The SMILES string of the molecule is c1ccc(C2CC2)c(CNCC(C2CC2)C2CC2)c1. The Kier molecular flexibility index (Phi) is 3.11. The van der Waals surface area contributed by atoms with Crippen LogP contribution in [0.1, 0.15) is 55.6 Å². The van der Waals surface area contributed by atoms with E-state index in [9.17, 15) is 0 Å². The fourth-order valence-corrected chi connectivity index (χ4v) is 3.63. The van der Waals surface area contributed by atoms with E-state index in [4.69, 9.17) is 0 Å². The van der Waals surface area contributed by atoms with E-state index in [1.165, 1.54) is 45.1 Å². The van der Waals surface area contributed by atoms with Crippen molar-refractivity contribution in [3.63, 3.8) is 0 Å². The number of nitrogens with one attached hydrogen (secondary N) is 1. The summed E-state index contributed by atoms with van der Waals surface area (Å²) in [5.74, 6) is 4.01. The smallest absolute Gasteiger partial charge is 0.0208 e. The fraction of sp³-hybridized carbons (Fsp3) is 0.667. The molecule has 3 fully saturated rings. The molecule has 0 spiro atoms. The molecule has 0 aliphatic heterocycles. The van der Waals surface area contributed by atoms with Gasteiger partial charge in [0.15, 0.2) is 0 Å². The van der Waals surface area contributed by atoms with E-state index >= 15 is 0 Å². The van der Waals surface area contributed by atoms with Gasteiger partial charge in [0, 0.05) is 6.54 Å². The lowest BCUT2D eigenvalue weighted by atomic mass is 9.97. The van der Waals surface area contributed by atoms with Crippen LogP contribution in [0, 0.1) is 17.8 Å². The second-order valence-corrected chi connectivity index (χ2v) is 6.94. The lowest BCUT2D eigenvalue weighted by Gasteiger charge is -2.17. The maximum atomic E-state index is 3.77. The molecule has 1 aromatic rings. The lowest BCUT2D eigenvalue weighted by molar-refractivity contribution is 0.378. The quantitative estimate of drug-likeness (QED) is 0.774. The maximum absolute atomic E-state index is 3.77. The van der Waals surface area contributed by atoms with Gasteiger partial charge in [0.05, 0.1) is 0 Å². The maximum Gasteiger partial charge on any atom is 0.0208 e. The van der Waals surface area contributed by atoms with Crippen LogP contribution in [0.3, 0.4) is 0 Å². The molecule has 1 aromatic carbocycles. The van der Waals surface area contributed by atoms with Crippen molar-refractivity contribution < 1.29 is 0 Å². The van der Waals surface area contributed by atoms with Gasteiger partial charge in [0.2, 0.25) is 0 Å². The Bertz CT molecular complexity index is 429. The van der Waals surface area contributed by atoms with Gasteiger partial charge in [-0.1, -0.05) is 24.3 Å². The Labute approximate surface area is 116 Å². The van der Waals surface area contributed by atoms with Crippen LogP contribution in [0.5, 0.6) is 0 Å². The minimum Gasteiger partial charge on any atom is -0.312 e. The zero-order valence-corrected chi connectivity index (χ0v) is 11.8. The molecule has 3 saturated carbocycles. The van der Waals surface area contributed by atoms with Crippen molar-refractivity contribution in [3.8, 4) is 0 Å². The molecule has 0 saturated heterocycles. The van der Waals surface area contributed by atoms with Crippen molar-refractivity contribution in [2.45, 2.75) is 51.0 Å². The summed E-state index contributed by atoms with van der Waals surface area (Å²) < 4.78 is 0. The summed E-state index contributed by atoms with van der Waals surface area (Å²) >= 11 is 0. The first kappa shape index (κ1) is 12.0. The first-order chi connectivity index (χ1) is 9.42. The summed E-state index contributed by atoms with van der Waals surface area (Å²) in [6.07, 6.45) is 8.82. The topological polar surface area (TPSA) is 12.0 Å². The highest BCUT2D eigenvalue weighted by molar-refractivity contribution is 5.33.